The molecule has 3 N–H and O–H groups in total. The Labute approximate surface area is 211 Å². The summed E-state index contributed by atoms with van der Waals surface area (Å²) in [6.07, 6.45) is 6.90. The monoisotopic (exact) mass is 489 g/mol. The van der Waals surface area contributed by atoms with Crippen LogP contribution in [0.15, 0.2) is 73.3 Å². The van der Waals surface area contributed by atoms with E-state index in [4.69, 9.17) is 4.98 Å². The van der Waals surface area contributed by atoms with Crippen LogP contribution < -0.4 is 5.32 Å². The van der Waals surface area contributed by atoms with Crippen molar-refractivity contribution in [2.45, 2.75) is 0 Å². The molecular formula is C27H23N9O. The van der Waals surface area contributed by atoms with Gasteiger partial charge in [0.1, 0.15) is 5.69 Å². The van der Waals surface area contributed by atoms with E-state index in [2.05, 4.69) is 35.5 Å². The normalized spacial score (nSPS) is 11.4. The lowest BCUT2D eigenvalue weighted by atomic mass is 10.0. The van der Waals surface area contributed by atoms with Crippen molar-refractivity contribution in [3.63, 3.8) is 0 Å². The average molecular weight is 490 g/mol. The molecule has 182 valence electrons. The molecule has 0 aliphatic rings. The highest BCUT2D eigenvalue weighted by Crippen LogP contribution is 2.32. The van der Waals surface area contributed by atoms with E-state index in [1.807, 2.05) is 67.5 Å². The zero-order valence-electron chi connectivity index (χ0n) is 20.2. The summed E-state index contributed by atoms with van der Waals surface area (Å²) in [5.74, 6) is 0.511. The lowest BCUT2D eigenvalue weighted by Crippen LogP contribution is -2.27. The molecule has 0 saturated heterocycles. The van der Waals surface area contributed by atoms with Crippen molar-refractivity contribution in [3.05, 3.63) is 73.3 Å². The van der Waals surface area contributed by atoms with Crippen molar-refractivity contribution in [2.75, 3.05) is 26.0 Å². The van der Waals surface area contributed by atoms with Gasteiger partial charge in [0, 0.05) is 35.1 Å². The number of H-pyrrole nitrogens is 2. The smallest absolute Gasteiger partial charge is 0.238 e. The van der Waals surface area contributed by atoms with Crippen molar-refractivity contribution >= 4 is 33.7 Å². The largest absolute Gasteiger partial charge is 0.335 e. The summed E-state index contributed by atoms with van der Waals surface area (Å²) in [6.45, 7) is 0.295. The van der Waals surface area contributed by atoms with Gasteiger partial charge in [-0.25, -0.2) is 9.97 Å². The first-order valence-corrected chi connectivity index (χ1v) is 11.7. The summed E-state index contributed by atoms with van der Waals surface area (Å²) < 4.78 is 0. The third-order valence-electron chi connectivity index (χ3n) is 5.94. The molecule has 1 amide bonds. The number of aromatic nitrogens is 7. The van der Waals surface area contributed by atoms with Crippen LogP contribution in [0.3, 0.4) is 0 Å². The van der Waals surface area contributed by atoms with Gasteiger partial charge in [-0.3, -0.25) is 19.9 Å². The van der Waals surface area contributed by atoms with E-state index in [0.717, 1.165) is 38.8 Å². The second kappa shape index (κ2) is 9.25. The minimum absolute atomic E-state index is 0.0971. The summed E-state index contributed by atoms with van der Waals surface area (Å²) in [5, 5.41) is 11.4. The number of imidazole rings is 1. The fourth-order valence-corrected chi connectivity index (χ4v) is 4.29. The maximum absolute atomic E-state index is 12.2. The van der Waals surface area contributed by atoms with Crippen LogP contribution in [0.5, 0.6) is 0 Å². The Hall–Kier alpha value is -4.96. The number of pyridine rings is 3. The molecule has 10 nitrogen and oxygen atoms in total. The lowest BCUT2D eigenvalue weighted by molar-refractivity contribution is -0.116. The highest BCUT2D eigenvalue weighted by Gasteiger charge is 2.17. The number of carbonyl (C=O) groups excluding carboxylic acids is 1. The Morgan fingerprint density at radius 3 is 2.76 bits per heavy atom. The molecule has 0 radical (unpaired) electrons. The van der Waals surface area contributed by atoms with Gasteiger partial charge < -0.3 is 15.2 Å². The van der Waals surface area contributed by atoms with Gasteiger partial charge in [-0.05, 0) is 56.1 Å². The van der Waals surface area contributed by atoms with E-state index in [9.17, 15) is 4.79 Å². The van der Waals surface area contributed by atoms with Gasteiger partial charge in [0.15, 0.2) is 11.5 Å². The van der Waals surface area contributed by atoms with Crippen LogP contribution in [-0.2, 0) is 4.79 Å². The predicted molar refractivity (Wildman–Crippen MR) is 143 cm³/mol. The Morgan fingerprint density at radius 2 is 1.92 bits per heavy atom. The first-order chi connectivity index (χ1) is 18.0. The summed E-state index contributed by atoms with van der Waals surface area (Å²) >= 11 is 0. The number of carbonyl (C=O) groups is 1. The highest BCUT2D eigenvalue weighted by molar-refractivity contribution is 5.97. The number of hydrogen-bond donors (Lipinski definition) is 3. The van der Waals surface area contributed by atoms with Gasteiger partial charge in [0.2, 0.25) is 5.91 Å². The van der Waals surface area contributed by atoms with Crippen LogP contribution in [0.1, 0.15) is 0 Å². The Kier molecular flexibility index (Phi) is 5.62. The summed E-state index contributed by atoms with van der Waals surface area (Å²) in [7, 11) is 3.70. The number of anilines is 1. The molecule has 1 aromatic carbocycles. The van der Waals surface area contributed by atoms with E-state index in [1.54, 1.807) is 24.8 Å². The zero-order valence-corrected chi connectivity index (χ0v) is 20.2. The quantitative estimate of drug-likeness (QED) is 0.321. The molecule has 0 unspecified atom stereocenters. The summed E-state index contributed by atoms with van der Waals surface area (Å²) in [5.41, 5.74) is 7.17. The lowest BCUT2D eigenvalue weighted by Gasteiger charge is -2.11. The fraction of sp³-hybridized carbons (Fsp3) is 0.111. The number of nitrogens with one attached hydrogen (secondary N) is 3. The van der Waals surface area contributed by atoms with Crippen molar-refractivity contribution in [3.8, 4) is 33.9 Å². The number of benzene rings is 1. The van der Waals surface area contributed by atoms with Gasteiger partial charge in [0.25, 0.3) is 0 Å². The van der Waals surface area contributed by atoms with Crippen LogP contribution >= 0.6 is 0 Å². The highest BCUT2D eigenvalue weighted by atomic mass is 16.2. The molecule has 0 saturated carbocycles. The Morgan fingerprint density at radius 1 is 1.00 bits per heavy atom. The molecule has 5 heterocycles. The zero-order chi connectivity index (χ0) is 25.4. The van der Waals surface area contributed by atoms with Crippen LogP contribution in [0.25, 0.3) is 56.0 Å². The maximum atomic E-state index is 12.2. The van der Waals surface area contributed by atoms with E-state index in [-0.39, 0.29) is 5.91 Å². The topological polar surface area (TPSA) is 128 Å². The first kappa shape index (κ1) is 22.5. The van der Waals surface area contributed by atoms with Crippen molar-refractivity contribution in [1.82, 2.24) is 40.0 Å². The molecule has 0 fully saturated rings. The van der Waals surface area contributed by atoms with Gasteiger partial charge in [-0.2, -0.15) is 5.10 Å². The van der Waals surface area contributed by atoms with Crippen LogP contribution in [0.4, 0.5) is 5.69 Å². The van der Waals surface area contributed by atoms with E-state index >= 15 is 0 Å². The minimum Gasteiger partial charge on any atom is -0.335 e. The van der Waals surface area contributed by atoms with Crippen LogP contribution in [-0.4, -0.2) is 66.6 Å². The molecule has 0 aliphatic carbocycles. The van der Waals surface area contributed by atoms with Gasteiger partial charge in [-0.1, -0.05) is 12.1 Å². The summed E-state index contributed by atoms with van der Waals surface area (Å²) in [6, 6.07) is 15.6. The number of aromatic amines is 2. The maximum Gasteiger partial charge on any atom is 0.238 e. The molecular weight excluding hydrogens is 466 g/mol. The molecule has 0 atom stereocenters. The Balaban J connectivity index is 1.38. The third kappa shape index (κ3) is 4.41. The number of amides is 1. The van der Waals surface area contributed by atoms with Crippen LogP contribution in [0.2, 0.25) is 0 Å². The number of hydrogen-bond acceptors (Lipinski definition) is 7. The summed E-state index contributed by atoms with van der Waals surface area (Å²) in [4.78, 5) is 35.4. The molecule has 6 aromatic rings. The third-order valence-corrected chi connectivity index (χ3v) is 5.94. The minimum atomic E-state index is -0.0971. The molecule has 0 spiro atoms. The number of likely N-dealkylation sites (N-methyl/N-ethyl adjacent to an activating group) is 1. The number of rotatable bonds is 6. The number of nitrogens with zero attached hydrogens (tertiary/aromatic N) is 6. The fourth-order valence-electron chi connectivity index (χ4n) is 4.29. The Bertz CT molecular complexity index is 1740. The van der Waals surface area contributed by atoms with E-state index in [0.29, 0.717) is 29.4 Å². The molecule has 10 heteroatoms. The molecule has 0 aliphatic heterocycles. The van der Waals surface area contributed by atoms with Crippen LogP contribution in [0, 0.1) is 0 Å². The first-order valence-electron chi connectivity index (χ1n) is 11.7. The predicted octanol–water partition coefficient (Wildman–Crippen LogP) is 4.13. The standard InChI is InChI=1S/C27H23N9O/c1-36(2)15-23(37)31-18-11-17(13-28-14-18)16-6-7-22-20(12-16)25(35-34-22)27-32-24-19(8-10-30-26(24)33-27)21-5-3-4-9-29-21/h3-14H,15H2,1-2H3,(H,31,37)(H,34,35)(H,30,32,33). The molecule has 6 rings (SSSR count). The van der Waals surface area contributed by atoms with E-state index < -0.39 is 0 Å². The second-order valence-corrected chi connectivity index (χ2v) is 8.94. The second-order valence-electron chi connectivity index (χ2n) is 8.94. The molecule has 37 heavy (non-hydrogen) atoms. The van der Waals surface area contributed by atoms with Gasteiger partial charge in [-0.15, -0.1) is 0 Å². The molecule has 5 aromatic heterocycles. The van der Waals surface area contributed by atoms with Crippen molar-refractivity contribution < 1.29 is 4.79 Å². The van der Waals surface area contributed by atoms with Crippen molar-refractivity contribution in [2.24, 2.45) is 0 Å². The van der Waals surface area contributed by atoms with Gasteiger partial charge >= 0.3 is 0 Å². The molecule has 0 bridgehead atoms. The van der Waals surface area contributed by atoms with Crippen molar-refractivity contribution in [1.29, 1.82) is 0 Å². The number of fused-ring (bicyclic) bond motifs is 2. The van der Waals surface area contributed by atoms with E-state index in [1.165, 1.54) is 0 Å². The van der Waals surface area contributed by atoms with Gasteiger partial charge in [0.05, 0.1) is 35.2 Å². The SMILES string of the molecule is CN(C)CC(=O)Nc1cncc(-c2ccc3[nH]nc(-c4nc5nccc(-c6ccccn6)c5[nH]4)c3c2)c1. The average Bonchev–Trinajstić information content (AvgIpc) is 3.52.